The van der Waals surface area contributed by atoms with E-state index in [1.54, 1.807) is 0 Å². The Bertz CT molecular complexity index is 322. The molecule has 16 heavy (non-hydrogen) atoms. The summed E-state index contributed by atoms with van der Waals surface area (Å²) in [5, 5.41) is 0. The van der Waals surface area contributed by atoms with E-state index in [2.05, 4.69) is 0 Å². The van der Waals surface area contributed by atoms with Crippen molar-refractivity contribution in [3.05, 3.63) is 35.4 Å². The van der Waals surface area contributed by atoms with Gasteiger partial charge in [0, 0.05) is 19.2 Å². The van der Waals surface area contributed by atoms with E-state index in [0.717, 1.165) is 12.6 Å². The lowest BCUT2D eigenvalue weighted by Gasteiger charge is -2.20. The molecular weight excluding hydrogens is 210 g/mol. The molecule has 0 bridgehead atoms. The van der Waals surface area contributed by atoms with Gasteiger partial charge in [-0.1, -0.05) is 6.92 Å². The zero-order valence-electron chi connectivity index (χ0n) is 9.71. The van der Waals surface area contributed by atoms with Gasteiger partial charge in [0.25, 0.3) is 0 Å². The first kappa shape index (κ1) is 13.1. The minimum atomic E-state index is -0.532. The van der Waals surface area contributed by atoms with E-state index in [9.17, 15) is 8.78 Å². The Hall–Kier alpha value is -1.00. The second-order valence-corrected chi connectivity index (χ2v) is 4.32. The summed E-state index contributed by atoms with van der Waals surface area (Å²) in [5.74, 6) is -0.686. The van der Waals surface area contributed by atoms with Crippen LogP contribution in [0.15, 0.2) is 18.2 Å². The topological polar surface area (TPSA) is 29.3 Å². The van der Waals surface area contributed by atoms with Gasteiger partial charge in [0.1, 0.15) is 11.6 Å². The van der Waals surface area contributed by atoms with E-state index in [-0.39, 0.29) is 0 Å². The summed E-state index contributed by atoms with van der Waals surface area (Å²) < 4.78 is 25.9. The van der Waals surface area contributed by atoms with Crippen LogP contribution in [0.5, 0.6) is 0 Å². The van der Waals surface area contributed by atoms with Crippen molar-refractivity contribution in [3.8, 4) is 0 Å². The van der Waals surface area contributed by atoms with Crippen molar-refractivity contribution in [2.24, 2.45) is 11.7 Å². The van der Waals surface area contributed by atoms with E-state index in [1.165, 1.54) is 12.1 Å². The van der Waals surface area contributed by atoms with E-state index in [1.807, 2.05) is 18.9 Å². The van der Waals surface area contributed by atoms with Crippen molar-refractivity contribution in [2.45, 2.75) is 13.5 Å². The Balaban J connectivity index is 2.58. The Morgan fingerprint density at radius 2 is 1.81 bits per heavy atom. The molecule has 90 valence electrons. The molecule has 0 amide bonds. The molecule has 0 aromatic heterocycles. The minimum absolute atomic E-state index is 0.378. The van der Waals surface area contributed by atoms with E-state index in [4.69, 9.17) is 5.73 Å². The number of nitrogens with zero attached hydrogens (tertiary/aromatic N) is 1. The van der Waals surface area contributed by atoms with Crippen LogP contribution >= 0.6 is 0 Å². The molecule has 0 aliphatic rings. The first-order valence-electron chi connectivity index (χ1n) is 5.35. The molecule has 0 saturated carbocycles. The third-order valence-corrected chi connectivity index (χ3v) is 2.40. The molecule has 0 spiro atoms. The Labute approximate surface area is 95.1 Å². The van der Waals surface area contributed by atoms with Crippen LogP contribution in [0.25, 0.3) is 0 Å². The van der Waals surface area contributed by atoms with Gasteiger partial charge >= 0.3 is 0 Å². The lowest BCUT2D eigenvalue weighted by molar-refractivity contribution is 0.281. The van der Waals surface area contributed by atoms with Crippen molar-refractivity contribution in [3.63, 3.8) is 0 Å². The lowest BCUT2D eigenvalue weighted by Crippen LogP contribution is -2.28. The standard InChI is InChI=1S/C12H18F2N2/c1-9(6-15)7-16(2)8-10-3-11(13)5-12(14)4-10/h3-5,9H,6-8,15H2,1-2H3. The van der Waals surface area contributed by atoms with Gasteiger partial charge in [0.2, 0.25) is 0 Å². The molecular formula is C12H18F2N2. The van der Waals surface area contributed by atoms with Gasteiger partial charge in [-0.3, -0.25) is 0 Å². The summed E-state index contributed by atoms with van der Waals surface area (Å²) in [4.78, 5) is 2.01. The molecule has 1 unspecified atom stereocenters. The highest BCUT2D eigenvalue weighted by Crippen LogP contribution is 2.10. The maximum atomic E-state index is 12.9. The van der Waals surface area contributed by atoms with Gasteiger partial charge in [0.15, 0.2) is 0 Å². The number of rotatable bonds is 5. The molecule has 0 aliphatic carbocycles. The van der Waals surface area contributed by atoms with Gasteiger partial charge < -0.3 is 10.6 Å². The van der Waals surface area contributed by atoms with Gasteiger partial charge in [0.05, 0.1) is 0 Å². The van der Waals surface area contributed by atoms with Crippen molar-refractivity contribution in [2.75, 3.05) is 20.1 Å². The SMILES string of the molecule is CC(CN)CN(C)Cc1cc(F)cc(F)c1. The minimum Gasteiger partial charge on any atom is -0.330 e. The second-order valence-electron chi connectivity index (χ2n) is 4.32. The summed E-state index contributed by atoms with van der Waals surface area (Å²) in [5.41, 5.74) is 6.16. The molecule has 2 N–H and O–H groups in total. The number of hydrogen-bond acceptors (Lipinski definition) is 2. The summed E-state index contributed by atoms with van der Waals surface area (Å²) in [6.07, 6.45) is 0. The zero-order valence-corrected chi connectivity index (χ0v) is 9.71. The predicted octanol–water partition coefficient (Wildman–Crippen LogP) is 1.99. The Morgan fingerprint density at radius 1 is 1.25 bits per heavy atom. The van der Waals surface area contributed by atoms with Gasteiger partial charge in [-0.25, -0.2) is 8.78 Å². The highest BCUT2D eigenvalue weighted by Gasteiger charge is 2.07. The summed E-state index contributed by atoms with van der Waals surface area (Å²) in [6.45, 7) is 4.00. The highest BCUT2D eigenvalue weighted by atomic mass is 19.1. The summed E-state index contributed by atoms with van der Waals surface area (Å²) in [7, 11) is 1.91. The van der Waals surface area contributed by atoms with Crippen LogP contribution in [0.2, 0.25) is 0 Å². The molecule has 0 aliphatic heterocycles. The third-order valence-electron chi connectivity index (χ3n) is 2.40. The van der Waals surface area contributed by atoms with Crippen molar-refractivity contribution >= 4 is 0 Å². The number of halogens is 2. The number of hydrogen-bond donors (Lipinski definition) is 1. The van der Waals surface area contributed by atoms with Crippen molar-refractivity contribution in [1.29, 1.82) is 0 Å². The summed E-state index contributed by atoms with van der Waals surface area (Å²) >= 11 is 0. The average Bonchev–Trinajstić information content (AvgIpc) is 2.15. The molecule has 4 heteroatoms. The predicted molar refractivity (Wildman–Crippen MR) is 60.9 cm³/mol. The maximum Gasteiger partial charge on any atom is 0.126 e. The van der Waals surface area contributed by atoms with E-state index < -0.39 is 11.6 Å². The monoisotopic (exact) mass is 228 g/mol. The second kappa shape index (κ2) is 5.92. The molecule has 0 saturated heterocycles. The third kappa shape index (κ3) is 4.24. The van der Waals surface area contributed by atoms with Crippen molar-refractivity contribution in [1.82, 2.24) is 4.90 Å². The van der Waals surface area contributed by atoms with Crippen LogP contribution in [0.4, 0.5) is 8.78 Å². The van der Waals surface area contributed by atoms with Crippen LogP contribution in [-0.2, 0) is 6.54 Å². The van der Waals surface area contributed by atoms with Crippen molar-refractivity contribution < 1.29 is 8.78 Å². The fraction of sp³-hybridized carbons (Fsp3) is 0.500. The molecule has 1 atom stereocenters. The van der Waals surface area contributed by atoms with E-state index >= 15 is 0 Å². The Kier molecular flexibility index (Phi) is 4.83. The van der Waals surface area contributed by atoms with Crippen LogP contribution in [0.1, 0.15) is 12.5 Å². The molecule has 1 aromatic carbocycles. The van der Waals surface area contributed by atoms with Crippen LogP contribution in [0.3, 0.4) is 0 Å². The van der Waals surface area contributed by atoms with E-state index in [0.29, 0.717) is 24.6 Å². The van der Waals surface area contributed by atoms with Gasteiger partial charge in [-0.15, -0.1) is 0 Å². The molecule has 2 nitrogen and oxygen atoms in total. The molecule has 0 fully saturated rings. The molecule has 0 radical (unpaired) electrons. The first-order valence-corrected chi connectivity index (χ1v) is 5.35. The fourth-order valence-corrected chi connectivity index (χ4v) is 1.69. The van der Waals surface area contributed by atoms with Crippen LogP contribution < -0.4 is 5.73 Å². The fourth-order valence-electron chi connectivity index (χ4n) is 1.69. The normalized spacial score (nSPS) is 13.1. The molecule has 1 aromatic rings. The van der Waals surface area contributed by atoms with Crippen LogP contribution in [0, 0.1) is 17.6 Å². The van der Waals surface area contributed by atoms with Gasteiger partial charge in [-0.05, 0) is 37.2 Å². The molecule has 0 heterocycles. The highest BCUT2D eigenvalue weighted by molar-refractivity contribution is 5.17. The average molecular weight is 228 g/mol. The molecule has 1 rings (SSSR count). The Morgan fingerprint density at radius 3 is 2.31 bits per heavy atom. The smallest absolute Gasteiger partial charge is 0.126 e. The zero-order chi connectivity index (χ0) is 12.1. The quantitative estimate of drug-likeness (QED) is 0.835. The first-order chi connectivity index (χ1) is 7.51. The maximum absolute atomic E-state index is 12.9. The van der Waals surface area contributed by atoms with Crippen LogP contribution in [-0.4, -0.2) is 25.0 Å². The summed E-state index contributed by atoms with van der Waals surface area (Å²) in [6, 6.07) is 3.59. The number of nitrogens with two attached hydrogens (primary N) is 1. The largest absolute Gasteiger partial charge is 0.330 e. The number of benzene rings is 1. The lowest BCUT2D eigenvalue weighted by atomic mass is 10.1. The van der Waals surface area contributed by atoms with Gasteiger partial charge in [-0.2, -0.15) is 0 Å².